The highest BCUT2D eigenvalue weighted by atomic mass is 16.2. The lowest BCUT2D eigenvalue weighted by Gasteiger charge is -2.13. The van der Waals surface area contributed by atoms with Gasteiger partial charge in [-0.2, -0.15) is 0 Å². The average molecular weight is 380 g/mol. The van der Waals surface area contributed by atoms with Gasteiger partial charge in [-0.15, -0.1) is 0 Å². The van der Waals surface area contributed by atoms with E-state index in [0.29, 0.717) is 22.6 Å². The smallest absolute Gasteiger partial charge is 0.325 e. The van der Waals surface area contributed by atoms with Crippen LogP contribution in [0.1, 0.15) is 36.6 Å². The Morgan fingerprint density at radius 2 is 1.79 bits per heavy atom. The number of nitrogens with zero attached hydrogens (tertiary/aromatic N) is 3. The molecule has 0 aliphatic carbocycles. The fraction of sp³-hybridized carbons (Fsp3) is 0.333. The molecular weight excluding hydrogens is 356 g/mol. The molecule has 3 aromatic rings. The SMILES string of the molecule is Cc1cc(C)c2c(=O)n(CC(=O)Nc3ccc(C(C)C)cc3)c(=O)n(C)c2n1. The van der Waals surface area contributed by atoms with Crippen LogP contribution in [0.2, 0.25) is 0 Å². The summed E-state index contributed by atoms with van der Waals surface area (Å²) in [5.41, 5.74) is 2.48. The van der Waals surface area contributed by atoms with Gasteiger partial charge in [0, 0.05) is 18.4 Å². The van der Waals surface area contributed by atoms with Gasteiger partial charge >= 0.3 is 5.69 Å². The number of anilines is 1. The summed E-state index contributed by atoms with van der Waals surface area (Å²) in [4.78, 5) is 42.3. The molecule has 0 aliphatic heterocycles. The third kappa shape index (κ3) is 3.60. The largest absolute Gasteiger partial charge is 0.332 e. The molecule has 0 saturated heterocycles. The Balaban J connectivity index is 1.95. The fourth-order valence-corrected chi connectivity index (χ4v) is 3.25. The molecule has 1 amide bonds. The van der Waals surface area contributed by atoms with Crippen molar-refractivity contribution in [1.82, 2.24) is 14.1 Å². The predicted molar refractivity (Wildman–Crippen MR) is 110 cm³/mol. The number of nitrogens with one attached hydrogen (secondary N) is 1. The zero-order chi connectivity index (χ0) is 20.6. The lowest BCUT2D eigenvalue weighted by atomic mass is 10.0. The van der Waals surface area contributed by atoms with Crippen LogP contribution in [0.3, 0.4) is 0 Å². The topological polar surface area (TPSA) is 86.0 Å². The zero-order valence-electron chi connectivity index (χ0n) is 16.7. The molecule has 1 N–H and O–H groups in total. The summed E-state index contributed by atoms with van der Waals surface area (Å²) in [6.07, 6.45) is 0. The molecule has 0 bridgehead atoms. The van der Waals surface area contributed by atoms with Crippen LogP contribution in [0.25, 0.3) is 11.0 Å². The van der Waals surface area contributed by atoms with Gasteiger partial charge in [0.05, 0.1) is 5.39 Å². The molecule has 28 heavy (non-hydrogen) atoms. The second kappa shape index (κ2) is 7.42. The maximum atomic E-state index is 12.9. The molecule has 0 aliphatic rings. The maximum Gasteiger partial charge on any atom is 0.332 e. The highest BCUT2D eigenvalue weighted by Crippen LogP contribution is 2.17. The van der Waals surface area contributed by atoms with E-state index in [1.807, 2.05) is 24.3 Å². The Labute approximate surface area is 162 Å². The van der Waals surface area contributed by atoms with Crippen LogP contribution in [0.4, 0.5) is 5.69 Å². The van der Waals surface area contributed by atoms with Crippen molar-refractivity contribution in [2.45, 2.75) is 40.2 Å². The van der Waals surface area contributed by atoms with E-state index in [2.05, 4.69) is 24.1 Å². The Kier molecular flexibility index (Phi) is 5.18. The molecule has 0 radical (unpaired) electrons. The summed E-state index contributed by atoms with van der Waals surface area (Å²) in [6.45, 7) is 7.42. The number of carbonyl (C=O) groups excluding carboxylic acids is 1. The summed E-state index contributed by atoms with van der Waals surface area (Å²) in [5.74, 6) is -0.0435. The van der Waals surface area contributed by atoms with Crippen LogP contribution < -0.4 is 16.6 Å². The van der Waals surface area contributed by atoms with Gasteiger partial charge in [0.25, 0.3) is 5.56 Å². The van der Waals surface area contributed by atoms with Crippen molar-refractivity contribution in [2.75, 3.05) is 5.32 Å². The molecular formula is C21H24N4O3. The van der Waals surface area contributed by atoms with E-state index < -0.39 is 17.2 Å². The number of pyridine rings is 1. The number of amides is 1. The van der Waals surface area contributed by atoms with Crippen molar-refractivity contribution in [2.24, 2.45) is 7.05 Å². The number of aromatic nitrogens is 3. The number of rotatable bonds is 4. The normalized spacial score (nSPS) is 11.2. The first kappa shape index (κ1) is 19.5. The third-order valence-electron chi connectivity index (χ3n) is 4.78. The van der Waals surface area contributed by atoms with Gasteiger partial charge in [-0.05, 0) is 49.1 Å². The number of aryl methyl sites for hydroxylation is 3. The van der Waals surface area contributed by atoms with Gasteiger partial charge in [-0.25, -0.2) is 9.78 Å². The first-order chi connectivity index (χ1) is 13.2. The molecule has 0 spiro atoms. The minimum Gasteiger partial charge on any atom is -0.325 e. The molecule has 7 heteroatoms. The van der Waals surface area contributed by atoms with Gasteiger partial charge < -0.3 is 5.32 Å². The maximum absolute atomic E-state index is 12.9. The molecule has 0 atom stereocenters. The molecule has 7 nitrogen and oxygen atoms in total. The second-order valence-electron chi connectivity index (χ2n) is 7.34. The second-order valence-corrected chi connectivity index (χ2v) is 7.34. The van der Waals surface area contributed by atoms with Crippen LogP contribution in [-0.2, 0) is 18.4 Å². The van der Waals surface area contributed by atoms with Crippen molar-refractivity contribution >= 4 is 22.6 Å². The van der Waals surface area contributed by atoms with Crippen LogP contribution >= 0.6 is 0 Å². The van der Waals surface area contributed by atoms with Gasteiger partial charge in [0.2, 0.25) is 5.91 Å². The minimum atomic E-state index is -0.569. The standard InChI is InChI=1S/C21H24N4O3/c1-12(2)15-6-8-16(9-7-15)23-17(26)11-25-20(27)18-13(3)10-14(4)22-19(18)24(5)21(25)28/h6-10,12H,11H2,1-5H3,(H,23,26). The quantitative estimate of drug-likeness (QED) is 0.753. The summed E-state index contributed by atoms with van der Waals surface area (Å²) < 4.78 is 2.26. The van der Waals surface area contributed by atoms with Crippen molar-refractivity contribution in [3.05, 3.63) is 68.0 Å². The predicted octanol–water partition coefficient (Wildman–Crippen LogP) is 2.47. The Hall–Kier alpha value is -3.22. The average Bonchev–Trinajstić information content (AvgIpc) is 2.63. The summed E-state index contributed by atoms with van der Waals surface area (Å²) in [6, 6.07) is 9.29. The van der Waals surface area contributed by atoms with Gasteiger partial charge in [-0.1, -0.05) is 26.0 Å². The van der Waals surface area contributed by atoms with Gasteiger partial charge in [0.15, 0.2) is 0 Å². The van der Waals surface area contributed by atoms with E-state index in [-0.39, 0.29) is 6.54 Å². The molecule has 2 aromatic heterocycles. The number of benzene rings is 1. The van der Waals surface area contributed by atoms with Crippen LogP contribution in [0, 0.1) is 13.8 Å². The summed E-state index contributed by atoms with van der Waals surface area (Å²) in [7, 11) is 1.55. The first-order valence-corrected chi connectivity index (χ1v) is 9.16. The lowest BCUT2D eigenvalue weighted by molar-refractivity contribution is -0.116. The van der Waals surface area contributed by atoms with E-state index in [0.717, 1.165) is 21.4 Å². The van der Waals surface area contributed by atoms with Crippen LogP contribution in [0.5, 0.6) is 0 Å². The Morgan fingerprint density at radius 3 is 2.39 bits per heavy atom. The van der Waals surface area contributed by atoms with E-state index in [9.17, 15) is 14.4 Å². The third-order valence-corrected chi connectivity index (χ3v) is 4.78. The van der Waals surface area contributed by atoms with Crippen molar-refractivity contribution in [3.63, 3.8) is 0 Å². The van der Waals surface area contributed by atoms with E-state index in [1.54, 1.807) is 27.0 Å². The molecule has 1 aromatic carbocycles. The first-order valence-electron chi connectivity index (χ1n) is 9.16. The van der Waals surface area contributed by atoms with Crippen molar-refractivity contribution in [3.8, 4) is 0 Å². The van der Waals surface area contributed by atoms with Crippen LogP contribution in [0.15, 0.2) is 39.9 Å². The zero-order valence-corrected chi connectivity index (χ0v) is 16.7. The molecule has 2 heterocycles. The molecule has 0 unspecified atom stereocenters. The molecule has 0 fully saturated rings. The van der Waals surface area contributed by atoms with E-state index >= 15 is 0 Å². The van der Waals surface area contributed by atoms with E-state index in [1.165, 1.54) is 4.57 Å². The minimum absolute atomic E-state index is 0.327. The van der Waals surface area contributed by atoms with Crippen LogP contribution in [-0.4, -0.2) is 20.0 Å². The van der Waals surface area contributed by atoms with Gasteiger partial charge in [0.1, 0.15) is 12.2 Å². The van der Waals surface area contributed by atoms with Gasteiger partial charge in [-0.3, -0.25) is 18.7 Å². The van der Waals surface area contributed by atoms with E-state index in [4.69, 9.17) is 0 Å². The summed E-state index contributed by atoms with van der Waals surface area (Å²) in [5, 5.41) is 3.09. The molecule has 3 rings (SSSR count). The van der Waals surface area contributed by atoms with Crippen molar-refractivity contribution < 1.29 is 4.79 Å². The Bertz CT molecular complexity index is 1170. The Morgan fingerprint density at radius 1 is 1.14 bits per heavy atom. The lowest BCUT2D eigenvalue weighted by Crippen LogP contribution is -2.42. The fourth-order valence-electron chi connectivity index (χ4n) is 3.25. The highest BCUT2D eigenvalue weighted by molar-refractivity contribution is 5.90. The monoisotopic (exact) mass is 380 g/mol. The number of hydrogen-bond donors (Lipinski definition) is 1. The van der Waals surface area contributed by atoms with Crippen molar-refractivity contribution in [1.29, 1.82) is 0 Å². The number of hydrogen-bond acceptors (Lipinski definition) is 4. The number of carbonyl (C=O) groups is 1. The molecule has 146 valence electrons. The number of fused-ring (bicyclic) bond motifs is 1. The molecule has 0 saturated carbocycles. The highest BCUT2D eigenvalue weighted by Gasteiger charge is 2.17. The summed E-state index contributed by atoms with van der Waals surface area (Å²) >= 11 is 0.